The molecule has 0 spiro atoms. The van der Waals surface area contributed by atoms with E-state index in [4.69, 9.17) is 22.7 Å². The van der Waals surface area contributed by atoms with Crippen molar-refractivity contribution in [1.82, 2.24) is 9.97 Å². The van der Waals surface area contributed by atoms with Gasteiger partial charge in [-0.1, -0.05) is 28.1 Å². The summed E-state index contributed by atoms with van der Waals surface area (Å²) < 4.78 is 19.2. The molecule has 0 saturated carbocycles. The molecule has 1 aromatic heterocycles. The minimum atomic E-state index is -0.424. The van der Waals surface area contributed by atoms with E-state index in [9.17, 15) is 4.39 Å². The molecule has 0 fully saturated rings. The summed E-state index contributed by atoms with van der Waals surface area (Å²) in [7, 11) is 0. The summed E-state index contributed by atoms with van der Waals surface area (Å²) in [5.41, 5.74) is 6.58. The molecule has 4 nitrogen and oxygen atoms in total. The topological polar surface area (TPSA) is 61.0 Å². The molecule has 1 aromatic carbocycles. The molecule has 0 saturated heterocycles. The van der Waals surface area contributed by atoms with Crippen molar-refractivity contribution in [2.24, 2.45) is 5.73 Å². The third kappa shape index (κ3) is 3.68. The van der Waals surface area contributed by atoms with Crippen LogP contribution in [0, 0.1) is 12.7 Å². The first-order chi connectivity index (χ1) is 8.94. The summed E-state index contributed by atoms with van der Waals surface area (Å²) in [6.45, 7) is 1.76. The van der Waals surface area contributed by atoms with Crippen LogP contribution in [0.25, 0.3) is 0 Å². The van der Waals surface area contributed by atoms with E-state index in [1.807, 2.05) is 0 Å². The van der Waals surface area contributed by atoms with Gasteiger partial charge in [0.15, 0.2) is 0 Å². The molecule has 1 heterocycles. The summed E-state index contributed by atoms with van der Waals surface area (Å²) in [5, 5.41) is 0. The third-order valence-electron chi connectivity index (χ3n) is 2.13. The number of hydrogen-bond donors (Lipinski definition) is 1. The number of nitrogens with zero attached hydrogens (tertiary/aromatic N) is 2. The normalized spacial score (nSPS) is 10.3. The van der Waals surface area contributed by atoms with Gasteiger partial charge < -0.3 is 10.5 Å². The quantitative estimate of drug-likeness (QED) is 0.869. The first-order valence-electron chi connectivity index (χ1n) is 5.23. The van der Waals surface area contributed by atoms with Crippen molar-refractivity contribution < 1.29 is 9.13 Å². The van der Waals surface area contributed by atoms with E-state index in [-0.39, 0.29) is 16.7 Å². The second-order valence-corrected chi connectivity index (χ2v) is 5.10. The minimum Gasteiger partial charge on any atom is -0.424 e. The Morgan fingerprint density at radius 2 is 2.05 bits per heavy atom. The first kappa shape index (κ1) is 13.8. The van der Waals surface area contributed by atoms with Crippen LogP contribution in [-0.2, 0) is 0 Å². The van der Waals surface area contributed by atoms with Crippen LogP contribution in [0.4, 0.5) is 4.39 Å². The van der Waals surface area contributed by atoms with Crippen LogP contribution >= 0.6 is 28.1 Å². The number of nitrogens with two attached hydrogens (primary N) is 1. The lowest BCUT2D eigenvalue weighted by atomic mass is 10.3. The van der Waals surface area contributed by atoms with Crippen LogP contribution in [0.3, 0.4) is 0 Å². The highest BCUT2D eigenvalue weighted by Crippen LogP contribution is 2.24. The lowest BCUT2D eigenvalue weighted by Crippen LogP contribution is -2.13. The third-order valence-corrected chi connectivity index (χ3v) is 2.80. The largest absolute Gasteiger partial charge is 0.424 e. The van der Waals surface area contributed by atoms with Crippen molar-refractivity contribution >= 4 is 33.1 Å². The second kappa shape index (κ2) is 5.58. The van der Waals surface area contributed by atoms with Crippen molar-refractivity contribution in [2.45, 2.75) is 6.92 Å². The van der Waals surface area contributed by atoms with Gasteiger partial charge in [-0.3, -0.25) is 0 Å². The fraction of sp³-hybridized carbons (Fsp3) is 0.0833. The Morgan fingerprint density at radius 1 is 1.32 bits per heavy atom. The second-order valence-electron chi connectivity index (χ2n) is 3.75. The maximum Gasteiger partial charge on any atom is 0.322 e. The van der Waals surface area contributed by atoms with Crippen LogP contribution in [0.2, 0.25) is 0 Å². The van der Waals surface area contributed by atoms with E-state index in [1.54, 1.807) is 19.1 Å². The molecule has 0 unspecified atom stereocenters. The average Bonchev–Trinajstić information content (AvgIpc) is 2.26. The number of benzene rings is 1. The van der Waals surface area contributed by atoms with Crippen LogP contribution < -0.4 is 10.5 Å². The smallest absolute Gasteiger partial charge is 0.322 e. The molecule has 2 rings (SSSR count). The van der Waals surface area contributed by atoms with Gasteiger partial charge in [-0.15, -0.1) is 0 Å². The number of aromatic nitrogens is 2. The van der Waals surface area contributed by atoms with Crippen molar-refractivity contribution in [1.29, 1.82) is 0 Å². The highest BCUT2D eigenvalue weighted by molar-refractivity contribution is 9.10. The molecule has 7 heteroatoms. The standard InChI is InChI=1S/C12H9BrFN3OS/c1-6-2-10(11(15)19)17-12(16-6)18-9-4-7(13)3-8(14)5-9/h2-5H,1H3,(H2,15,19). The van der Waals surface area contributed by atoms with Gasteiger partial charge in [0.1, 0.15) is 22.2 Å². The predicted octanol–water partition coefficient (Wildman–Crippen LogP) is 3.11. The molecule has 0 bridgehead atoms. The van der Waals surface area contributed by atoms with Gasteiger partial charge in [0.25, 0.3) is 0 Å². The Hall–Kier alpha value is -1.60. The fourth-order valence-electron chi connectivity index (χ4n) is 1.41. The number of ether oxygens (including phenoxy) is 1. The SMILES string of the molecule is Cc1cc(C(N)=S)nc(Oc2cc(F)cc(Br)c2)n1. The lowest BCUT2D eigenvalue weighted by molar-refractivity contribution is 0.436. The number of halogens is 2. The van der Waals surface area contributed by atoms with Crippen molar-refractivity contribution in [3.8, 4) is 11.8 Å². The van der Waals surface area contributed by atoms with E-state index in [0.29, 0.717) is 15.9 Å². The average molecular weight is 342 g/mol. The summed E-state index contributed by atoms with van der Waals surface area (Å²) >= 11 is 8.03. The maximum atomic E-state index is 13.2. The zero-order chi connectivity index (χ0) is 14.0. The Morgan fingerprint density at radius 3 is 2.68 bits per heavy atom. The molecule has 0 atom stereocenters. The van der Waals surface area contributed by atoms with Gasteiger partial charge in [-0.25, -0.2) is 9.37 Å². The van der Waals surface area contributed by atoms with E-state index in [0.717, 1.165) is 0 Å². The molecule has 0 aliphatic rings. The highest BCUT2D eigenvalue weighted by atomic mass is 79.9. The van der Waals surface area contributed by atoms with Gasteiger partial charge in [-0.2, -0.15) is 4.98 Å². The number of aryl methyl sites for hydroxylation is 1. The molecular weight excluding hydrogens is 333 g/mol. The number of rotatable bonds is 3. The van der Waals surface area contributed by atoms with Crippen molar-refractivity contribution in [3.63, 3.8) is 0 Å². The van der Waals surface area contributed by atoms with Crippen molar-refractivity contribution in [3.05, 3.63) is 45.9 Å². The predicted molar refractivity (Wildman–Crippen MR) is 76.8 cm³/mol. The van der Waals surface area contributed by atoms with Gasteiger partial charge in [0.05, 0.1) is 0 Å². The van der Waals surface area contributed by atoms with E-state index in [1.165, 1.54) is 12.1 Å². The van der Waals surface area contributed by atoms with Gasteiger partial charge in [0, 0.05) is 16.2 Å². The Balaban J connectivity index is 2.35. The van der Waals surface area contributed by atoms with E-state index < -0.39 is 5.82 Å². The Kier molecular flexibility index (Phi) is 4.06. The van der Waals surface area contributed by atoms with Gasteiger partial charge in [-0.05, 0) is 25.1 Å². The zero-order valence-electron chi connectivity index (χ0n) is 9.85. The van der Waals surface area contributed by atoms with Crippen LogP contribution in [0.1, 0.15) is 11.4 Å². The molecular formula is C12H9BrFN3OS. The zero-order valence-corrected chi connectivity index (χ0v) is 12.3. The first-order valence-corrected chi connectivity index (χ1v) is 6.43. The summed E-state index contributed by atoms with van der Waals surface area (Å²) in [5.74, 6) is -0.141. The van der Waals surface area contributed by atoms with E-state index >= 15 is 0 Å². The monoisotopic (exact) mass is 341 g/mol. The minimum absolute atomic E-state index is 0.0697. The molecule has 0 amide bonds. The van der Waals surface area contributed by atoms with Crippen molar-refractivity contribution in [2.75, 3.05) is 0 Å². The highest BCUT2D eigenvalue weighted by Gasteiger charge is 2.08. The van der Waals surface area contributed by atoms with Crippen LogP contribution in [0.15, 0.2) is 28.7 Å². The molecule has 0 aliphatic carbocycles. The maximum absolute atomic E-state index is 13.2. The number of hydrogen-bond acceptors (Lipinski definition) is 4. The number of thiocarbonyl (C=S) groups is 1. The van der Waals surface area contributed by atoms with E-state index in [2.05, 4.69) is 25.9 Å². The van der Waals surface area contributed by atoms with Gasteiger partial charge >= 0.3 is 6.01 Å². The van der Waals surface area contributed by atoms with Gasteiger partial charge in [0.2, 0.25) is 0 Å². The molecule has 0 aliphatic heterocycles. The molecule has 2 N–H and O–H groups in total. The molecule has 98 valence electrons. The Bertz CT molecular complexity index is 631. The van der Waals surface area contributed by atoms with Crippen LogP contribution in [-0.4, -0.2) is 15.0 Å². The summed E-state index contributed by atoms with van der Waals surface area (Å²) in [6, 6.07) is 5.88. The fourth-order valence-corrected chi connectivity index (χ4v) is 1.95. The molecule has 19 heavy (non-hydrogen) atoms. The Labute approximate surface area is 123 Å². The summed E-state index contributed by atoms with van der Waals surface area (Å²) in [4.78, 5) is 8.28. The van der Waals surface area contributed by atoms with Crippen LogP contribution in [0.5, 0.6) is 11.8 Å². The molecule has 2 aromatic rings. The molecule has 0 radical (unpaired) electrons. The lowest BCUT2D eigenvalue weighted by Gasteiger charge is -2.07. The summed E-state index contributed by atoms with van der Waals surface area (Å²) in [6.07, 6.45) is 0.